The van der Waals surface area contributed by atoms with Crippen molar-refractivity contribution < 1.29 is 24.2 Å². The number of nitrogens with one attached hydrogen (secondary N) is 2. The fourth-order valence-electron chi connectivity index (χ4n) is 3.72. The lowest BCUT2D eigenvalue weighted by molar-refractivity contribution is -0.150. The summed E-state index contributed by atoms with van der Waals surface area (Å²) in [4.78, 5) is 43.5. The number of aliphatic hydroxyl groups is 1. The number of hydrogen-bond acceptors (Lipinski definition) is 6. The number of carbonyl (C=O) groups is 3. The van der Waals surface area contributed by atoms with Gasteiger partial charge in [-0.05, 0) is 42.5 Å². The topological polar surface area (TPSA) is 141 Å². The van der Waals surface area contributed by atoms with E-state index in [1.54, 1.807) is 62.8 Å². The van der Waals surface area contributed by atoms with Crippen molar-refractivity contribution in [2.24, 2.45) is 0 Å². The minimum Gasteiger partial charge on any atom is -0.385 e. The number of nitrogens with two attached hydrogens (primary N) is 1. The zero-order chi connectivity index (χ0) is 23.7. The zero-order valence-electron chi connectivity index (χ0n) is 18.2. The van der Waals surface area contributed by atoms with Crippen molar-refractivity contribution in [3.8, 4) is 0 Å². The van der Waals surface area contributed by atoms with Crippen LogP contribution in [0.15, 0.2) is 48.7 Å². The van der Waals surface area contributed by atoms with Crippen LogP contribution in [-0.4, -0.2) is 72.2 Å². The number of anilines is 3. The molecule has 1 aliphatic rings. The highest BCUT2D eigenvalue weighted by Crippen LogP contribution is 2.25. The number of hydrogen-bond donors (Lipinski definition) is 4. The molecule has 4 rings (SSSR count). The number of aromatic amines is 1. The van der Waals surface area contributed by atoms with E-state index in [0.29, 0.717) is 22.8 Å². The lowest BCUT2D eigenvalue weighted by Gasteiger charge is -2.34. The first-order valence-electron chi connectivity index (χ1n) is 10.4. The number of morpholine rings is 1. The molecule has 0 aliphatic carbocycles. The average Bonchev–Trinajstić information content (AvgIpc) is 3.18. The Morgan fingerprint density at radius 2 is 1.97 bits per heavy atom. The van der Waals surface area contributed by atoms with Crippen LogP contribution in [0.5, 0.6) is 0 Å². The standard InChI is InChI=1S/C23H25N5O5/c1-27(2)22(31)13-3-6-16(7-4-13)28-9-10-33-19(23(28)32)18(29)21(30)26-15-5-8-17-14(11-15)12-25-20(17)24/h3-8,11-12,18-19,25,29H,9-10,24H2,1-2H3,(H,26,30)/t18-,19-/m1/s1. The van der Waals surface area contributed by atoms with Crippen LogP contribution >= 0.6 is 0 Å². The summed E-state index contributed by atoms with van der Waals surface area (Å²) in [5.74, 6) is -0.932. The van der Waals surface area contributed by atoms with Gasteiger partial charge in [-0.3, -0.25) is 14.4 Å². The molecule has 3 amide bonds. The van der Waals surface area contributed by atoms with Gasteiger partial charge in [0.05, 0.1) is 6.61 Å². The van der Waals surface area contributed by atoms with Crippen molar-refractivity contribution in [3.63, 3.8) is 0 Å². The monoisotopic (exact) mass is 451 g/mol. The van der Waals surface area contributed by atoms with Crippen LogP contribution in [0.25, 0.3) is 10.8 Å². The van der Waals surface area contributed by atoms with Gasteiger partial charge >= 0.3 is 0 Å². The quantitative estimate of drug-likeness (QED) is 0.459. The molecule has 2 heterocycles. The third-order valence-electron chi connectivity index (χ3n) is 5.50. The summed E-state index contributed by atoms with van der Waals surface area (Å²) in [6.45, 7) is 0.407. The smallest absolute Gasteiger partial charge is 0.259 e. The van der Waals surface area contributed by atoms with Gasteiger partial charge in [0.2, 0.25) is 0 Å². The first kappa shape index (κ1) is 22.3. The Kier molecular flexibility index (Phi) is 6.03. The van der Waals surface area contributed by atoms with Gasteiger partial charge in [-0.15, -0.1) is 0 Å². The number of ether oxygens (including phenoxy) is 1. The van der Waals surface area contributed by atoms with Gasteiger partial charge in [-0.2, -0.15) is 0 Å². The molecule has 10 heteroatoms. The zero-order valence-corrected chi connectivity index (χ0v) is 18.2. The molecule has 1 saturated heterocycles. The highest BCUT2D eigenvalue weighted by molar-refractivity contribution is 6.05. The third-order valence-corrected chi connectivity index (χ3v) is 5.50. The summed E-state index contributed by atoms with van der Waals surface area (Å²) in [5.41, 5.74) is 7.31. The van der Waals surface area contributed by atoms with E-state index in [1.807, 2.05) is 0 Å². The summed E-state index contributed by atoms with van der Waals surface area (Å²) in [6.07, 6.45) is -1.35. The maximum absolute atomic E-state index is 13.0. The number of benzene rings is 2. The molecule has 1 fully saturated rings. The highest BCUT2D eigenvalue weighted by atomic mass is 16.5. The first-order chi connectivity index (χ1) is 15.8. The normalized spacial score (nSPS) is 17.1. The van der Waals surface area contributed by atoms with E-state index in [1.165, 1.54) is 9.80 Å². The van der Waals surface area contributed by atoms with Crippen LogP contribution in [0.3, 0.4) is 0 Å². The predicted molar refractivity (Wildman–Crippen MR) is 124 cm³/mol. The molecule has 33 heavy (non-hydrogen) atoms. The Morgan fingerprint density at radius 1 is 1.24 bits per heavy atom. The van der Waals surface area contributed by atoms with Gasteiger partial charge in [0.15, 0.2) is 12.2 Å². The molecular formula is C23H25N5O5. The molecule has 5 N–H and O–H groups in total. The van der Waals surface area contributed by atoms with Crippen LogP contribution in [0.2, 0.25) is 0 Å². The Balaban J connectivity index is 1.46. The van der Waals surface area contributed by atoms with Gasteiger partial charge in [0.1, 0.15) is 5.82 Å². The largest absolute Gasteiger partial charge is 0.385 e. The lowest BCUT2D eigenvalue weighted by atomic mass is 10.1. The van der Waals surface area contributed by atoms with E-state index >= 15 is 0 Å². The molecule has 3 aromatic rings. The van der Waals surface area contributed by atoms with Gasteiger partial charge in [0, 0.05) is 54.5 Å². The summed E-state index contributed by atoms with van der Waals surface area (Å²) in [5, 5.41) is 14.8. The molecule has 2 atom stereocenters. The van der Waals surface area contributed by atoms with Crippen molar-refractivity contribution in [2.45, 2.75) is 12.2 Å². The summed E-state index contributed by atoms with van der Waals surface area (Å²) in [7, 11) is 3.31. The average molecular weight is 451 g/mol. The van der Waals surface area contributed by atoms with Crippen molar-refractivity contribution in [1.82, 2.24) is 9.88 Å². The molecule has 172 valence electrons. The van der Waals surface area contributed by atoms with E-state index in [4.69, 9.17) is 10.5 Å². The molecule has 2 aromatic carbocycles. The van der Waals surface area contributed by atoms with Gasteiger partial charge in [-0.25, -0.2) is 0 Å². The summed E-state index contributed by atoms with van der Waals surface area (Å²) < 4.78 is 5.45. The number of H-pyrrole nitrogens is 1. The number of aromatic nitrogens is 1. The second kappa shape index (κ2) is 8.93. The van der Waals surface area contributed by atoms with Gasteiger partial charge < -0.3 is 35.7 Å². The van der Waals surface area contributed by atoms with Crippen molar-refractivity contribution >= 4 is 45.7 Å². The number of amides is 3. The third kappa shape index (κ3) is 4.38. The highest BCUT2D eigenvalue weighted by Gasteiger charge is 2.39. The molecule has 10 nitrogen and oxygen atoms in total. The lowest BCUT2D eigenvalue weighted by Crippen LogP contribution is -2.55. The van der Waals surface area contributed by atoms with E-state index in [-0.39, 0.29) is 19.1 Å². The Morgan fingerprint density at radius 3 is 2.67 bits per heavy atom. The summed E-state index contributed by atoms with van der Waals surface area (Å²) in [6, 6.07) is 11.7. The number of nitrogens with zero attached hydrogens (tertiary/aromatic N) is 2. The van der Waals surface area contributed by atoms with Crippen molar-refractivity contribution in [2.75, 3.05) is 43.2 Å². The van der Waals surface area contributed by atoms with Crippen LogP contribution < -0.4 is 16.0 Å². The van der Waals surface area contributed by atoms with E-state index in [2.05, 4.69) is 10.3 Å². The maximum Gasteiger partial charge on any atom is 0.259 e. The van der Waals surface area contributed by atoms with Gasteiger partial charge in [0.25, 0.3) is 17.7 Å². The molecular weight excluding hydrogens is 426 g/mol. The number of aliphatic hydroxyl groups excluding tert-OH is 1. The van der Waals surface area contributed by atoms with Crippen LogP contribution in [0.4, 0.5) is 17.2 Å². The number of fused-ring (bicyclic) bond motifs is 1. The minimum atomic E-state index is -1.71. The molecule has 0 saturated carbocycles. The first-order valence-corrected chi connectivity index (χ1v) is 10.4. The van der Waals surface area contributed by atoms with Gasteiger partial charge in [-0.1, -0.05) is 0 Å². The molecule has 0 bridgehead atoms. The van der Waals surface area contributed by atoms with E-state index in [0.717, 1.165) is 10.8 Å². The van der Waals surface area contributed by atoms with Crippen LogP contribution in [0.1, 0.15) is 10.4 Å². The van der Waals surface area contributed by atoms with E-state index < -0.39 is 24.0 Å². The number of nitrogen functional groups attached to an aromatic ring is 1. The SMILES string of the molecule is CN(C)C(=O)c1ccc(N2CCO[C@H]([C@@H](O)C(=O)Nc3ccc4c(N)[nH]cc4c3)C2=O)cc1. The van der Waals surface area contributed by atoms with E-state index in [9.17, 15) is 19.5 Å². The number of rotatable bonds is 5. The second-order valence-corrected chi connectivity index (χ2v) is 7.97. The predicted octanol–water partition coefficient (Wildman–Crippen LogP) is 1.18. The molecule has 0 radical (unpaired) electrons. The molecule has 1 aromatic heterocycles. The van der Waals surface area contributed by atoms with Crippen molar-refractivity contribution in [3.05, 3.63) is 54.2 Å². The fourth-order valence-corrected chi connectivity index (χ4v) is 3.72. The Hall–Kier alpha value is -3.89. The molecule has 1 aliphatic heterocycles. The molecule has 0 unspecified atom stereocenters. The fraction of sp³-hybridized carbons (Fsp3) is 0.261. The second-order valence-electron chi connectivity index (χ2n) is 7.97. The van der Waals surface area contributed by atoms with Crippen LogP contribution in [-0.2, 0) is 14.3 Å². The Labute approximate surface area is 189 Å². The molecule has 0 spiro atoms. The van der Waals surface area contributed by atoms with Crippen molar-refractivity contribution in [1.29, 1.82) is 0 Å². The Bertz CT molecular complexity index is 1200. The summed E-state index contributed by atoms with van der Waals surface area (Å²) >= 11 is 0. The maximum atomic E-state index is 13.0. The minimum absolute atomic E-state index is 0.147. The number of carbonyl (C=O) groups excluding carboxylic acids is 3. The van der Waals surface area contributed by atoms with Crippen LogP contribution in [0, 0.1) is 0 Å².